The maximum atomic E-state index is 12.2. The minimum Gasteiger partial charge on any atom is -0.319 e. The molecule has 0 aliphatic heterocycles. The Bertz CT molecular complexity index is 1150. The molecule has 3 rings (SSSR count). The number of hydrogen-bond donors (Lipinski definition) is 0. The van der Waals surface area contributed by atoms with Crippen LogP contribution in [0.1, 0.15) is 16.8 Å². The van der Waals surface area contributed by atoms with E-state index >= 15 is 0 Å². The molecule has 8 nitrogen and oxygen atoms in total. The number of para-hydroxylation sites is 1. The zero-order valence-corrected chi connectivity index (χ0v) is 17.6. The van der Waals surface area contributed by atoms with Gasteiger partial charge in [0, 0.05) is 23.1 Å². The summed E-state index contributed by atoms with van der Waals surface area (Å²) in [5.74, 6) is 0.367. The van der Waals surface area contributed by atoms with Crippen LogP contribution in [0.3, 0.4) is 0 Å². The molecule has 0 amide bonds. The zero-order chi connectivity index (χ0) is 21.0. The van der Waals surface area contributed by atoms with Gasteiger partial charge in [-0.05, 0) is 39.7 Å². The molecule has 148 valence electrons. The molecule has 0 unspecified atom stereocenters. The first-order valence-corrected chi connectivity index (χ1v) is 10.2. The third-order valence-corrected chi connectivity index (χ3v) is 6.24. The van der Waals surface area contributed by atoms with Gasteiger partial charge in [-0.25, -0.2) is 0 Å². The van der Waals surface area contributed by atoms with Crippen LogP contribution in [0.2, 0.25) is 0 Å². The monoisotopic (exact) mass is 474 g/mol. The van der Waals surface area contributed by atoms with E-state index in [9.17, 15) is 19.8 Å². The van der Waals surface area contributed by atoms with Crippen molar-refractivity contribution in [3.05, 3.63) is 95.2 Å². The van der Waals surface area contributed by atoms with Crippen molar-refractivity contribution in [2.45, 2.75) is 24.4 Å². The molecule has 10 heteroatoms. The number of hydrogen-bond acceptors (Lipinski definition) is 7. The summed E-state index contributed by atoms with van der Waals surface area (Å²) in [4.78, 5) is 38.3. The van der Waals surface area contributed by atoms with Gasteiger partial charge in [0.2, 0.25) is 0 Å². The average molecular weight is 475 g/mol. The zero-order valence-electron chi connectivity index (χ0n) is 15.2. The van der Waals surface area contributed by atoms with Gasteiger partial charge in [-0.15, -0.1) is 4.91 Å². The van der Waals surface area contributed by atoms with Gasteiger partial charge in [-0.2, -0.15) is 4.98 Å². The molecule has 0 saturated carbocycles. The summed E-state index contributed by atoms with van der Waals surface area (Å²) >= 11 is 4.51. The van der Waals surface area contributed by atoms with Crippen molar-refractivity contribution in [2.75, 3.05) is 0 Å². The Morgan fingerprint density at radius 3 is 2.52 bits per heavy atom. The Morgan fingerprint density at radius 2 is 1.83 bits per heavy atom. The molecule has 0 atom stereocenters. The van der Waals surface area contributed by atoms with Gasteiger partial charge < -0.3 is 4.57 Å². The van der Waals surface area contributed by atoms with Gasteiger partial charge in [0.1, 0.15) is 10.2 Å². The molecule has 1 heterocycles. The van der Waals surface area contributed by atoms with Gasteiger partial charge in [-0.1, -0.05) is 48.2 Å². The standard InChI is InChI=1S/C19H15BrN4O4S/c1-12-17(20)18(25)21-19(29-11-14-7-2-4-8-15(14)22-26)23(12)10-13-6-3-5-9-16(13)24(27)28/h2-9H,10-11H2,1H3. The van der Waals surface area contributed by atoms with E-state index in [0.717, 1.165) is 0 Å². The Labute approximate surface area is 178 Å². The van der Waals surface area contributed by atoms with Crippen LogP contribution >= 0.6 is 27.7 Å². The number of nitro groups is 1. The fourth-order valence-corrected chi connectivity index (χ4v) is 4.10. The molecule has 0 bridgehead atoms. The second-order valence-electron chi connectivity index (χ2n) is 6.08. The lowest BCUT2D eigenvalue weighted by molar-refractivity contribution is -0.385. The van der Waals surface area contributed by atoms with Crippen molar-refractivity contribution in [2.24, 2.45) is 5.18 Å². The van der Waals surface area contributed by atoms with E-state index in [1.54, 1.807) is 54.0 Å². The number of nitrogens with zero attached hydrogens (tertiary/aromatic N) is 4. The van der Waals surface area contributed by atoms with E-state index in [1.807, 2.05) is 0 Å². The fourth-order valence-electron chi connectivity index (χ4n) is 2.77. The predicted octanol–water partition coefficient (Wildman–Crippen LogP) is 4.96. The molecular formula is C19H15BrN4O4S. The van der Waals surface area contributed by atoms with Gasteiger partial charge >= 0.3 is 0 Å². The summed E-state index contributed by atoms with van der Waals surface area (Å²) in [5.41, 5.74) is 1.70. The second-order valence-corrected chi connectivity index (χ2v) is 7.82. The SMILES string of the molecule is Cc1c(Br)c(=O)nc(SCc2ccccc2N=O)n1Cc1ccccc1[N+](=O)[O-]. The number of nitro benzene ring substituents is 1. The molecule has 0 N–H and O–H groups in total. The van der Waals surface area contributed by atoms with E-state index < -0.39 is 10.5 Å². The van der Waals surface area contributed by atoms with Crippen molar-refractivity contribution >= 4 is 39.1 Å². The summed E-state index contributed by atoms with van der Waals surface area (Å²) < 4.78 is 2.05. The molecule has 3 aromatic rings. The van der Waals surface area contributed by atoms with Crippen molar-refractivity contribution < 1.29 is 4.92 Å². The number of thioether (sulfide) groups is 1. The van der Waals surface area contributed by atoms with Gasteiger partial charge in [0.05, 0.1) is 11.5 Å². The molecule has 2 aromatic carbocycles. The first-order chi connectivity index (χ1) is 13.9. The minimum absolute atomic E-state index is 0.00632. The van der Waals surface area contributed by atoms with Crippen LogP contribution in [0.15, 0.2) is 68.1 Å². The fraction of sp³-hybridized carbons (Fsp3) is 0.158. The number of benzene rings is 2. The van der Waals surface area contributed by atoms with Crippen LogP contribution in [0.5, 0.6) is 0 Å². The Balaban J connectivity index is 2.01. The quantitative estimate of drug-likeness (QED) is 0.157. The number of aromatic nitrogens is 2. The van der Waals surface area contributed by atoms with Gasteiger partial charge in [0.15, 0.2) is 5.16 Å². The van der Waals surface area contributed by atoms with Crippen LogP contribution in [0.25, 0.3) is 0 Å². The van der Waals surface area contributed by atoms with Crippen molar-refractivity contribution in [3.63, 3.8) is 0 Å². The highest BCUT2D eigenvalue weighted by atomic mass is 79.9. The second kappa shape index (κ2) is 9.10. The Hall–Kier alpha value is -2.85. The minimum atomic E-state index is -0.436. The van der Waals surface area contributed by atoms with E-state index in [1.165, 1.54) is 17.8 Å². The molecule has 0 fully saturated rings. The summed E-state index contributed by atoms with van der Waals surface area (Å²) in [7, 11) is 0. The summed E-state index contributed by atoms with van der Waals surface area (Å²) in [5, 5.41) is 14.8. The molecule has 0 spiro atoms. The smallest absolute Gasteiger partial charge is 0.288 e. The van der Waals surface area contributed by atoms with Crippen LogP contribution in [-0.2, 0) is 12.3 Å². The number of halogens is 1. The first-order valence-electron chi connectivity index (χ1n) is 8.45. The number of rotatable bonds is 7. The van der Waals surface area contributed by atoms with E-state index in [0.29, 0.717) is 37.9 Å². The maximum absolute atomic E-state index is 12.2. The highest BCUT2D eigenvalue weighted by molar-refractivity contribution is 9.10. The Kier molecular flexibility index (Phi) is 6.55. The molecule has 1 aromatic heterocycles. The van der Waals surface area contributed by atoms with E-state index in [-0.39, 0.29) is 12.2 Å². The molecule has 0 aliphatic carbocycles. The lowest BCUT2D eigenvalue weighted by Gasteiger charge is -2.16. The average Bonchev–Trinajstić information content (AvgIpc) is 2.73. The topological polar surface area (TPSA) is 107 Å². The third-order valence-electron chi connectivity index (χ3n) is 4.30. The summed E-state index contributed by atoms with van der Waals surface area (Å²) in [6.45, 7) is 1.91. The molecule has 0 saturated heterocycles. The summed E-state index contributed by atoms with van der Waals surface area (Å²) in [6, 6.07) is 13.3. The van der Waals surface area contributed by atoms with Crippen LogP contribution in [-0.4, -0.2) is 14.5 Å². The van der Waals surface area contributed by atoms with Crippen molar-refractivity contribution in [1.82, 2.24) is 9.55 Å². The maximum Gasteiger partial charge on any atom is 0.288 e. The van der Waals surface area contributed by atoms with Gasteiger partial charge in [-0.3, -0.25) is 14.9 Å². The van der Waals surface area contributed by atoms with Crippen molar-refractivity contribution in [3.8, 4) is 0 Å². The lowest BCUT2D eigenvalue weighted by atomic mass is 10.2. The van der Waals surface area contributed by atoms with Gasteiger partial charge in [0.25, 0.3) is 11.2 Å². The Morgan fingerprint density at radius 1 is 1.17 bits per heavy atom. The largest absolute Gasteiger partial charge is 0.319 e. The highest BCUT2D eigenvalue weighted by Crippen LogP contribution is 2.29. The number of nitroso groups, excluding NO2 is 1. The third kappa shape index (κ3) is 4.60. The van der Waals surface area contributed by atoms with Crippen molar-refractivity contribution in [1.29, 1.82) is 0 Å². The first kappa shape index (κ1) is 20.9. The van der Waals surface area contributed by atoms with Crippen LogP contribution in [0.4, 0.5) is 11.4 Å². The lowest BCUT2D eigenvalue weighted by Crippen LogP contribution is -2.20. The van der Waals surface area contributed by atoms with E-state index in [2.05, 4.69) is 26.1 Å². The summed E-state index contributed by atoms with van der Waals surface area (Å²) in [6.07, 6.45) is 0. The normalized spacial score (nSPS) is 10.7. The predicted molar refractivity (Wildman–Crippen MR) is 115 cm³/mol. The van der Waals surface area contributed by atoms with E-state index in [4.69, 9.17) is 0 Å². The molecule has 0 radical (unpaired) electrons. The highest BCUT2D eigenvalue weighted by Gasteiger charge is 2.18. The molecular weight excluding hydrogens is 460 g/mol. The molecule has 0 aliphatic rings. The molecule has 29 heavy (non-hydrogen) atoms. The van der Waals surface area contributed by atoms with Crippen LogP contribution < -0.4 is 5.56 Å². The van der Waals surface area contributed by atoms with Crippen LogP contribution in [0, 0.1) is 21.9 Å².